The Morgan fingerprint density at radius 1 is 1.22 bits per heavy atom. The summed E-state index contributed by atoms with van der Waals surface area (Å²) in [5, 5.41) is 17.7. The van der Waals surface area contributed by atoms with Crippen molar-refractivity contribution in [2.45, 2.75) is 63.6 Å². The summed E-state index contributed by atoms with van der Waals surface area (Å²) in [5.74, 6) is 0.650. The lowest BCUT2D eigenvalue weighted by atomic mass is 9.97. The number of aromatic nitrogens is 3. The van der Waals surface area contributed by atoms with E-state index in [9.17, 15) is 9.90 Å². The van der Waals surface area contributed by atoms with Gasteiger partial charge in [0.15, 0.2) is 0 Å². The Morgan fingerprint density at radius 2 is 1.89 bits per heavy atom. The van der Waals surface area contributed by atoms with E-state index >= 15 is 0 Å². The van der Waals surface area contributed by atoms with Gasteiger partial charge in [-0.3, -0.25) is 4.79 Å². The van der Waals surface area contributed by atoms with Crippen molar-refractivity contribution in [1.29, 1.82) is 0 Å². The van der Waals surface area contributed by atoms with Gasteiger partial charge in [-0.2, -0.15) is 0 Å². The smallest absolute Gasteiger partial charge is 0.291 e. The van der Waals surface area contributed by atoms with Crippen LogP contribution in [0.25, 0.3) is 0 Å². The third kappa shape index (κ3) is 5.53. The standard InChI is InChI=1S/C20H28N4O3/c1-27-17-11-9-15(10-12-17)18(25)13-24-14-21-19(23-24)20(26)22-16-7-5-3-2-4-6-8-16/h9-12,14,16,18,25H,2-8,13H2,1H3,(H,22,26)/t18-/m0/s1. The van der Waals surface area contributed by atoms with E-state index in [1.807, 2.05) is 12.1 Å². The van der Waals surface area contributed by atoms with Gasteiger partial charge in [0.05, 0.1) is 19.8 Å². The highest BCUT2D eigenvalue weighted by atomic mass is 16.5. The third-order valence-corrected chi connectivity index (χ3v) is 5.04. The highest BCUT2D eigenvalue weighted by molar-refractivity contribution is 5.90. The zero-order valence-corrected chi connectivity index (χ0v) is 15.8. The lowest BCUT2D eigenvalue weighted by molar-refractivity contribution is 0.0918. The molecular weight excluding hydrogens is 344 g/mol. The lowest BCUT2D eigenvalue weighted by Gasteiger charge is -2.20. The van der Waals surface area contributed by atoms with E-state index in [0.717, 1.165) is 37.0 Å². The van der Waals surface area contributed by atoms with Gasteiger partial charge in [-0.1, -0.05) is 44.2 Å². The van der Waals surface area contributed by atoms with Gasteiger partial charge in [-0.15, -0.1) is 5.10 Å². The quantitative estimate of drug-likeness (QED) is 0.814. The maximum atomic E-state index is 12.4. The van der Waals surface area contributed by atoms with Gasteiger partial charge in [0.2, 0.25) is 5.82 Å². The predicted molar refractivity (Wildman–Crippen MR) is 102 cm³/mol. The number of carbonyl (C=O) groups is 1. The van der Waals surface area contributed by atoms with Crippen molar-refractivity contribution in [3.63, 3.8) is 0 Å². The fraction of sp³-hybridized carbons (Fsp3) is 0.550. The monoisotopic (exact) mass is 372 g/mol. The topological polar surface area (TPSA) is 89.3 Å². The molecule has 3 rings (SSSR count). The Balaban J connectivity index is 1.55. The van der Waals surface area contributed by atoms with Crippen molar-refractivity contribution >= 4 is 5.91 Å². The average Bonchev–Trinajstić information content (AvgIpc) is 3.12. The van der Waals surface area contributed by atoms with Crippen LogP contribution in [0.5, 0.6) is 5.75 Å². The molecule has 1 amide bonds. The summed E-state index contributed by atoms with van der Waals surface area (Å²) in [6.07, 6.45) is 8.86. The Labute approximate surface area is 159 Å². The number of amides is 1. The summed E-state index contributed by atoms with van der Waals surface area (Å²) in [5.41, 5.74) is 0.756. The molecule has 1 atom stereocenters. The number of carbonyl (C=O) groups excluding carboxylic acids is 1. The lowest BCUT2D eigenvalue weighted by Crippen LogP contribution is -2.36. The molecule has 1 aromatic heterocycles. The van der Waals surface area contributed by atoms with E-state index in [2.05, 4.69) is 15.4 Å². The highest BCUT2D eigenvalue weighted by Crippen LogP contribution is 2.19. The van der Waals surface area contributed by atoms with Gasteiger partial charge in [0.1, 0.15) is 12.1 Å². The Hall–Kier alpha value is -2.41. The number of hydrogen-bond donors (Lipinski definition) is 2. The summed E-state index contributed by atoms with van der Waals surface area (Å²) in [7, 11) is 1.60. The van der Waals surface area contributed by atoms with Gasteiger partial charge in [-0.25, -0.2) is 9.67 Å². The van der Waals surface area contributed by atoms with Gasteiger partial charge < -0.3 is 15.2 Å². The van der Waals surface area contributed by atoms with Crippen LogP contribution < -0.4 is 10.1 Å². The van der Waals surface area contributed by atoms with Crippen LogP contribution in [0.3, 0.4) is 0 Å². The first-order chi connectivity index (χ1) is 13.2. The molecule has 2 N–H and O–H groups in total. The first kappa shape index (κ1) is 19.4. The van der Waals surface area contributed by atoms with Crippen LogP contribution in [0.2, 0.25) is 0 Å². The van der Waals surface area contributed by atoms with E-state index < -0.39 is 6.10 Å². The van der Waals surface area contributed by atoms with E-state index in [1.165, 1.54) is 30.3 Å². The zero-order chi connectivity index (χ0) is 19.1. The molecule has 1 fully saturated rings. The van der Waals surface area contributed by atoms with Crippen LogP contribution in [-0.4, -0.2) is 38.9 Å². The molecule has 0 spiro atoms. The van der Waals surface area contributed by atoms with E-state index in [4.69, 9.17) is 4.74 Å². The number of nitrogens with zero attached hydrogens (tertiary/aromatic N) is 3. The third-order valence-electron chi connectivity index (χ3n) is 5.04. The Kier molecular flexibility index (Phi) is 6.81. The zero-order valence-electron chi connectivity index (χ0n) is 15.8. The minimum Gasteiger partial charge on any atom is -0.497 e. The molecule has 1 aliphatic carbocycles. The molecular formula is C20H28N4O3. The molecule has 146 valence electrons. The molecule has 0 saturated heterocycles. The predicted octanol–water partition coefficient (Wildman–Crippen LogP) is 2.86. The molecule has 0 aliphatic heterocycles. The molecule has 1 heterocycles. The highest BCUT2D eigenvalue weighted by Gasteiger charge is 2.18. The fourth-order valence-electron chi connectivity index (χ4n) is 3.45. The first-order valence-electron chi connectivity index (χ1n) is 9.68. The Morgan fingerprint density at radius 3 is 2.56 bits per heavy atom. The minimum absolute atomic E-state index is 0.152. The van der Waals surface area contributed by atoms with Crippen LogP contribution in [0.1, 0.15) is 67.2 Å². The molecule has 7 heteroatoms. The largest absolute Gasteiger partial charge is 0.497 e. The van der Waals surface area contributed by atoms with Gasteiger partial charge in [0, 0.05) is 6.04 Å². The summed E-state index contributed by atoms with van der Waals surface area (Å²) < 4.78 is 6.62. The van der Waals surface area contributed by atoms with Crippen molar-refractivity contribution < 1.29 is 14.6 Å². The van der Waals surface area contributed by atoms with E-state index in [1.54, 1.807) is 19.2 Å². The normalized spacial score (nSPS) is 17.0. The number of ether oxygens (including phenoxy) is 1. The second kappa shape index (κ2) is 9.50. The molecule has 27 heavy (non-hydrogen) atoms. The summed E-state index contributed by atoms with van der Waals surface area (Å²) in [4.78, 5) is 16.5. The number of methoxy groups -OCH3 is 1. The van der Waals surface area contributed by atoms with Crippen molar-refractivity contribution in [3.8, 4) is 5.75 Å². The molecule has 2 aromatic rings. The number of aliphatic hydroxyl groups excluding tert-OH is 1. The van der Waals surface area contributed by atoms with E-state index in [-0.39, 0.29) is 24.3 Å². The molecule has 1 saturated carbocycles. The van der Waals surface area contributed by atoms with Crippen LogP contribution in [0, 0.1) is 0 Å². The summed E-state index contributed by atoms with van der Waals surface area (Å²) >= 11 is 0. The number of nitrogens with one attached hydrogen (secondary N) is 1. The number of hydrogen-bond acceptors (Lipinski definition) is 5. The number of benzene rings is 1. The van der Waals surface area contributed by atoms with Crippen LogP contribution in [0.4, 0.5) is 0 Å². The van der Waals surface area contributed by atoms with Gasteiger partial charge >= 0.3 is 0 Å². The SMILES string of the molecule is COc1ccc([C@@H](O)Cn2cnc(C(=O)NC3CCCCCCC3)n2)cc1. The van der Waals surface area contributed by atoms with Gasteiger partial charge in [-0.05, 0) is 30.5 Å². The van der Waals surface area contributed by atoms with Crippen molar-refractivity contribution in [2.24, 2.45) is 0 Å². The van der Waals surface area contributed by atoms with Crippen LogP contribution in [-0.2, 0) is 6.54 Å². The average molecular weight is 372 g/mol. The Bertz CT molecular complexity index is 721. The van der Waals surface area contributed by atoms with Crippen LogP contribution in [0.15, 0.2) is 30.6 Å². The summed E-state index contributed by atoms with van der Waals surface area (Å²) in [6, 6.07) is 7.42. The molecule has 1 aromatic carbocycles. The summed E-state index contributed by atoms with van der Waals surface area (Å²) in [6.45, 7) is 0.232. The molecule has 0 radical (unpaired) electrons. The second-order valence-electron chi connectivity index (χ2n) is 7.09. The fourth-order valence-corrected chi connectivity index (χ4v) is 3.45. The maximum Gasteiger partial charge on any atom is 0.291 e. The van der Waals surface area contributed by atoms with Gasteiger partial charge in [0.25, 0.3) is 5.91 Å². The maximum absolute atomic E-state index is 12.4. The minimum atomic E-state index is -0.737. The molecule has 7 nitrogen and oxygen atoms in total. The first-order valence-corrected chi connectivity index (χ1v) is 9.68. The number of rotatable bonds is 6. The van der Waals surface area contributed by atoms with Crippen molar-refractivity contribution in [3.05, 3.63) is 42.0 Å². The van der Waals surface area contributed by atoms with Crippen molar-refractivity contribution in [2.75, 3.05) is 7.11 Å². The van der Waals surface area contributed by atoms with E-state index in [0.29, 0.717) is 0 Å². The van der Waals surface area contributed by atoms with Crippen molar-refractivity contribution in [1.82, 2.24) is 20.1 Å². The molecule has 0 unspecified atom stereocenters. The molecule has 1 aliphatic rings. The van der Waals surface area contributed by atoms with Crippen LogP contribution >= 0.6 is 0 Å². The second-order valence-corrected chi connectivity index (χ2v) is 7.09. The molecule has 0 bridgehead atoms. The number of aliphatic hydroxyl groups is 1.